The molecule has 1 unspecified atom stereocenters. The molecule has 0 bridgehead atoms. The number of Topliss-reactive ketones (excluding diaryl/α,β-unsaturated/α-hetero) is 1. The number of carbonyl (C=O) groups excluding carboxylic acids is 1. The maximum Gasteiger partial charge on any atom is 0.332 e. The molecule has 0 fully saturated rings. The lowest BCUT2D eigenvalue weighted by molar-refractivity contribution is -0.117. The van der Waals surface area contributed by atoms with Crippen LogP contribution in [0.15, 0.2) is 0 Å². The van der Waals surface area contributed by atoms with Gasteiger partial charge in [-0.25, -0.2) is 0 Å². The predicted molar refractivity (Wildman–Crippen MR) is 83.5 cm³/mol. The average molecular weight is 324 g/mol. The monoisotopic (exact) mass is 324 g/mol. The second kappa shape index (κ2) is 7.32. The molecular formula is C13H29O5PSi. The van der Waals surface area contributed by atoms with Gasteiger partial charge in [0.05, 0.1) is 0 Å². The Kier molecular flexibility index (Phi) is 7.32. The summed E-state index contributed by atoms with van der Waals surface area (Å²) in [5.41, 5.74) is 0. The fourth-order valence-electron chi connectivity index (χ4n) is 1.63. The topological polar surface area (TPSA) is 83.8 Å². The first-order chi connectivity index (χ1) is 8.74. The van der Waals surface area contributed by atoms with Crippen molar-refractivity contribution in [1.29, 1.82) is 0 Å². The zero-order chi connectivity index (χ0) is 16.2. The summed E-state index contributed by atoms with van der Waals surface area (Å²) in [7, 11) is -6.01. The van der Waals surface area contributed by atoms with Gasteiger partial charge in [-0.3, -0.25) is 9.36 Å². The molecule has 0 aliphatic carbocycles. The Bertz CT molecular complexity index is 369. The molecule has 5 nitrogen and oxygen atoms in total. The summed E-state index contributed by atoms with van der Waals surface area (Å²) in [6.45, 7) is 12.9. The summed E-state index contributed by atoms with van der Waals surface area (Å²) in [5.74, 6) is -0.377. The molecule has 0 heterocycles. The van der Waals surface area contributed by atoms with E-state index in [2.05, 4.69) is 33.9 Å². The van der Waals surface area contributed by atoms with Gasteiger partial charge < -0.3 is 14.2 Å². The van der Waals surface area contributed by atoms with E-state index in [4.69, 9.17) is 14.2 Å². The maximum absolute atomic E-state index is 11.4. The number of hydrogen-bond acceptors (Lipinski definition) is 3. The minimum Gasteiger partial charge on any atom is -0.414 e. The summed E-state index contributed by atoms with van der Waals surface area (Å²) in [6, 6.07) is 0. The van der Waals surface area contributed by atoms with Gasteiger partial charge in [0.25, 0.3) is 0 Å². The van der Waals surface area contributed by atoms with Crippen LogP contribution in [0, 0.1) is 0 Å². The SMILES string of the molecule is CC(CCCC(=O)CP(=O)(O)O)O[Si](C)(C)C(C)(C)C. The first-order valence-electron chi connectivity index (χ1n) is 6.99. The third-order valence-electron chi connectivity index (χ3n) is 3.75. The first-order valence-corrected chi connectivity index (χ1v) is 11.7. The molecule has 0 rings (SSSR count). The molecule has 7 heteroatoms. The molecule has 0 aliphatic heterocycles. The van der Waals surface area contributed by atoms with Crippen molar-refractivity contribution in [2.24, 2.45) is 0 Å². The quantitative estimate of drug-likeness (QED) is 0.528. The van der Waals surface area contributed by atoms with Crippen LogP contribution in [0.2, 0.25) is 18.1 Å². The molecule has 0 saturated carbocycles. The Morgan fingerprint density at radius 3 is 2.20 bits per heavy atom. The van der Waals surface area contributed by atoms with E-state index >= 15 is 0 Å². The highest BCUT2D eigenvalue weighted by Gasteiger charge is 2.38. The van der Waals surface area contributed by atoms with Crippen LogP contribution >= 0.6 is 7.60 Å². The smallest absolute Gasteiger partial charge is 0.332 e. The Hall–Kier alpha value is -0.00312. The lowest BCUT2D eigenvalue weighted by atomic mass is 10.1. The molecule has 0 radical (unpaired) electrons. The Labute approximate surface area is 123 Å². The van der Waals surface area contributed by atoms with E-state index in [1.54, 1.807) is 0 Å². The Balaban J connectivity index is 4.10. The molecule has 0 saturated heterocycles. The van der Waals surface area contributed by atoms with Crippen LogP contribution in [0.4, 0.5) is 0 Å². The van der Waals surface area contributed by atoms with Crippen molar-refractivity contribution in [3.63, 3.8) is 0 Å². The van der Waals surface area contributed by atoms with Gasteiger partial charge >= 0.3 is 7.60 Å². The van der Waals surface area contributed by atoms with Gasteiger partial charge in [0.1, 0.15) is 11.9 Å². The molecule has 0 aliphatic rings. The van der Waals surface area contributed by atoms with Gasteiger partial charge in [0.15, 0.2) is 8.32 Å². The predicted octanol–water partition coefficient (Wildman–Crippen LogP) is 3.31. The van der Waals surface area contributed by atoms with Crippen LogP contribution in [0.3, 0.4) is 0 Å². The van der Waals surface area contributed by atoms with Crippen LogP contribution in [0.5, 0.6) is 0 Å². The molecule has 0 aromatic heterocycles. The largest absolute Gasteiger partial charge is 0.414 e. The zero-order valence-corrected chi connectivity index (χ0v) is 15.4. The van der Waals surface area contributed by atoms with Crippen molar-refractivity contribution in [2.75, 3.05) is 6.16 Å². The second-order valence-corrected chi connectivity index (χ2v) is 13.3. The summed E-state index contributed by atoms with van der Waals surface area (Å²) in [6.07, 6.45) is 0.966. The van der Waals surface area contributed by atoms with Crippen molar-refractivity contribution in [1.82, 2.24) is 0 Å². The lowest BCUT2D eigenvalue weighted by Gasteiger charge is -2.38. The van der Waals surface area contributed by atoms with Gasteiger partial charge in [-0.15, -0.1) is 0 Å². The van der Waals surface area contributed by atoms with E-state index < -0.39 is 22.1 Å². The average Bonchev–Trinajstić information content (AvgIpc) is 2.11. The molecule has 0 aromatic rings. The highest BCUT2D eigenvalue weighted by atomic mass is 31.2. The van der Waals surface area contributed by atoms with Crippen LogP contribution < -0.4 is 0 Å². The summed E-state index contributed by atoms with van der Waals surface area (Å²) >= 11 is 0. The molecular weight excluding hydrogens is 295 g/mol. The van der Waals surface area contributed by atoms with Gasteiger partial charge in [-0.2, -0.15) is 0 Å². The van der Waals surface area contributed by atoms with E-state index in [9.17, 15) is 9.36 Å². The number of carbonyl (C=O) groups is 1. The fraction of sp³-hybridized carbons (Fsp3) is 0.923. The highest BCUT2D eigenvalue weighted by molar-refractivity contribution is 7.52. The molecule has 120 valence electrons. The Morgan fingerprint density at radius 2 is 1.80 bits per heavy atom. The Morgan fingerprint density at radius 1 is 1.30 bits per heavy atom. The molecule has 0 spiro atoms. The number of rotatable bonds is 8. The third kappa shape index (κ3) is 8.32. The highest BCUT2D eigenvalue weighted by Crippen LogP contribution is 2.38. The van der Waals surface area contributed by atoms with E-state index in [0.29, 0.717) is 6.42 Å². The fourth-order valence-corrected chi connectivity index (χ4v) is 3.73. The molecule has 1 atom stereocenters. The van der Waals surface area contributed by atoms with Gasteiger partial charge in [0.2, 0.25) is 0 Å². The normalized spacial score (nSPS) is 15.2. The van der Waals surface area contributed by atoms with Crippen molar-refractivity contribution in [3.8, 4) is 0 Å². The molecule has 20 heavy (non-hydrogen) atoms. The van der Waals surface area contributed by atoms with Crippen molar-refractivity contribution in [2.45, 2.75) is 71.2 Å². The minimum absolute atomic E-state index is 0.0683. The molecule has 2 N–H and O–H groups in total. The second-order valence-electron chi connectivity index (χ2n) is 6.94. The van der Waals surface area contributed by atoms with Crippen LogP contribution in [-0.2, 0) is 13.8 Å². The summed E-state index contributed by atoms with van der Waals surface area (Å²) in [5, 5.41) is 0.150. The van der Waals surface area contributed by atoms with E-state index in [-0.39, 0.29) is 23.3 Å². The van der Waals surface area contributed by atoms with E-state index in [0.717, 1.165) is 6.42 Å². The van der Waals surface area contributed by atoms with E-state index in [1.807, 2.05) is 6.92 Å². The van der Waals surface area contributed by atoms with Crippen molar-refractivity contribution >= 4 is 21.7 Å². The minimum atomic E-state index is -4.22. The third-order valence-corrected chi connectivity index (χ3v) is 9.12. The van der Waals surface area contributed by atoms with Crippen molar-refractivity contribution < 1.29 is 23.6 Å². The molecule has 0 amide bonds. The number of hydrogen-bond donors (Lipinski definition) is 2. The summed E-state index contributed by atoms with van der Waals surface area (Å²) < 4.78 is 16.9. The van der Waals surface area contributed by atoms with Crippen molar-refractivity contribution in [3.05, 3.63) is 0 Å². The van der Waals surface area contributed by atoms with Crippen LogP contribution in [0.1, 0.15) is 47.0 Å². The first kappa shape index (κ1) is 20.0. The van der Waals surface area contributed by atoms with Gasteiger partial charge in [-0.1, -0.05) is 20.8 Å². The standard InChI is InChI=1S/C13H29O5PSi/c1-11(18-20(5,6)13(2,3)4)8-7-9-12(14)10-19(15,16)17/h11H,7-10H2,1-6H3,(H2,15,16,17). The van der Waals surface area contributed by atoms with Gasteiger partial charge in [0, 0.05) is 12.5 Å². The maximum atomic E-state index is 11.4. The van der Waals surface area contributed by atoms with Gasteiger partial charge in [-0.05, 0) is 37.9 Å². The number of ketones is 1. The molecule has 0 aromatic carbocycles. The summed E-state index contributed by atoms with van der Waals surface area (Å²) in [4.78, 5) is 28.8. The van der Waals surface area contributed by atoms with Crippen LogP contribution in [-0.4, -0.2) is 36.2 Å². The van der Waals surface area contributed by atoms with Crippen LogP contribution in [0.25, 0.3) is 0 Å². The van der Waals surface area contributed by atoms with E-state index in [1.165, 1.54) is 0 Å². The zero-order valence-electron chi connectivity index (χ0n) is 13.5. The lowest BCUT2D eigenvalue weighted by Crippen LogP contribution is -2.43.